The van der Waals surface area contributed by atoms with E-state index in [1.54, 1.807) is 28.1 Å². The molecule has 2 N–H and O–H groups in total. The van der Waals surface area contributed by atoms with E-state index < -0.39 is 5.41 Å². The Morgan fingerprint density at radius 3 is 2.19 bits per heavy atom. The van der Waals surface area contributed by atoms with Crippen LogP contribution in [0.5, 0.6) is 0 Å². The zero-order chi connectivity index (χ0) is 12.9. The summed E-state index contributed by atoms with van der Waals surface area (Å²) in [4.78, 5) is 24.6. The summed E-state index contributed by atoms with van der Waals surface area (Å²) in [5.41, 5.74) is -0.518. The molecule has 0 aromatic heterocycles. The normalized spacial score (nSPS) is 13.1. The van der Waals surface area contributed by atoms with Crippen molar-refractivity contribution in [1.29, 1.82) is 0 Å². The highest BCUT2D eigenvalue weighted by atomic mass is 16.2. The molecule has 0 saturated carbocycles. The maximum atomic E-state index is 11.6. The zero-order valence-electron chi connectivity index (χ0n) is 11.0. The van der Waals surface area contributed by atoms with Crippen LogP contribution in [0.25, 0.3) is 0 Å². The van der Waals surface area contributed by atoms with E-state index in [0.29, 0.717) is 6.54 Å². The highest BCUT2D eigenvalue weighted by Gasteiger charge is 2.27. The van der Waals surface area contributed by atoms with Crippen molar-refractivity contribution in [3.8, 4) is 0 Å². The second-order valence-electron chi connectivity index (χ2n) is 4.80. The molecule has 2 amide bonds. The zero-order valence-corrected chi connectivity index (χ0v) is 11.0. The number of nitrogens with one attached hydrogen (secondary N) is 2. The summed E-state index contributed by atoms with van der Waals surface area (Å²) < 4.78 is 0. The van der Waals surface area contributed by atoms with Crippen molar-refractivity contribution in [1.82, 2.24) is 15.5 Å². The van der Waals surface area contributed by atoms with Gasteiger partial charge in [-0.2, -0.15) is 0 Å². The van der Waals surface area contributed by atoms with Gasteiger partial charge in [-0.1, -0.05) is 0 Å². The summed E-state index contributed by atoms with van der Waals surface area (Å²) in [7, 11) is 5.04. The molecule has 0 saturated heterocycles. The first-order valence-corrected chi connectivity index (χ1v) is 5.39. The van der Waals surface area contributed by atoms with E-state index in [0.717, 1.165) is 0 Å². The third kappa shape index (κ3) is 4.18. The lowest BCUT2D eigenvalue weighted by Gasteiger charge is -2.26. The quantitative estimate of drug-likeness (QED) is 0.688. The van der Waals surface area contributed by atoms with E-state index in [1.807, 2.05) is 13.8 Å². The molecule has 0 aromatic carbocycles. The molecule has 0 radical (unpaired) electrons. The fourth-order valence-corrected chi connectivity index (χ4v) is 1.30. The van der Waals surface area contributed by atoms with Gasteiger partial charge in [-0.15, -0.1) is 0 Å². The summed E-state index contributed by atoms with van der Waals surface area (Å²) >= 11 is 0. The van der Waals surface area contributed by atoms with Crippen molar-refractivity contribution < 1.29 is 9.59 Å². The topological polar surface area (TPSA) is 61.4 Å². The molecule has 0 fully saturated rings. The van der Waals surface area contributed by atoms with Gasteiger partial charge in [0, 0.05) is 27.7 Å². The van der Waals surface area contributed by atoms with Crippen molar-refractivity contribution in [3.63, 3.8) is 0 Å². The molecular formula is C11H23N3O2. The van der Waals surface area contributed by atoms with Crippen LogP contribution in [0.1, 0.15) is 20.8 Å². The lowest BCUT2D eigenvalue weighted by atomic mass is 9.92. The number of amides is 2. The lowest BCUT2D eigenvalue weighted by molar-refractivity contribution is -0.132. The van der Waals surface area contributed by atoms with Gasteiger partial charge in [0.1, 0.15) is 0 Å². The molecular weight excluding hydrogens is 206 g/mol. The van der Waals surface area contributed by atoms with E-state index in [9.17, 15) is 9.59 Å². The van der Waals surface area contributed by atoms with Crippen molar-refractivity contribution >= 4 is 11.8 Å². The van der Waals surface area contributed by atoms with Gasteiger partial charge in [0.25, 0.3) is 0 Å². The Hall–Kier alpha value is -1.10. The van der Waals surface area contributed by atoms with Gasteiger partial charge < -0.3 is 15.5 Å². The predicted molar refractivity (Wildman–Crippen MR) is 64.0 cm³/mol. The minimum atomic E-state index is -0.518. The molecule has 0 aliphatic heterocycles. The van der Waals surface area contributed by atoms with Crippen LogP contribution in [0.15, 0.2) is 0 Å². The molecule has 0 heterocycles. The Bertz CT molecular complexity index is 262. The standard InChI is InChI=1S/C11H23N3O2/c1-8(9(15)14(5)6)13-7-11(2,3)10(16)12-4/h8,13H,7H2,1-6H3,(H,12,16). The first kappa shape index (κ1) is 14.9. The highest BCUT2D eigenvalue weighted by Crippen LogP contribution is 2.13. The van der Waals surface area contributed by atoms with Crippen molar-refractivity contribution in [3.05, 3.63) is 0 Å². The number of nitrogens with zero attached hydrogens (tertiary/aromatic N) is 1. The molecule has 0 bridgehead atoms. The molecule has 5 heteroatoms. The third-order valence-corrected chi connectivity index (χ3v) is 2.50. The third-order valence-electron chi connectivity index (χ3n) is 2.50. The van der Waals surface area contributed by atoms with E-state index in [-0.39, 0.29) is 17.9 Å². The summed E-state index contributed by atoms with van der Waals surface area (Å²) in [5.74, 6) is -0.0304. The van der Waals surface area contributed by atoms with Gasteiger partial charge in [0.2, 0.25) is 11.8 Å². The van der Waals surface area contributed by atoms with Crippen LogP contribution in [0.4, 0.5) is 0 Å². The molecule has 0 aliphatic rings. The van der Waals surface area contributed by atoms with Gasteiger partial charge in [-0.25, -0.2) is 0 Å². The van der Waals surface area contributed by atoms with Crippen LogP contribution >= 0.6 is 0 Å². The van der Waals surface area contributed by atoms with Crippen LogP contribution in [0.3, 0.4) is 0 Å². The van der Waals surface area contributed by atoms with E-state index >= 15 is 0 Å². The number of hydrogen-bond donors (Lipinski definition) is 2. The number of carbonyl (C=O) groups excluding carboxylic acids is 2. The average molecular weight is 229 g/mol. The Kier molecular flexibility index (Phi) is 5.44. The Morgan fingerprint density at radius 1 is 1.31 bits per heavy atom. The monoisotopic (exact) mass is 229 g/mol. The van der Waals surface area contributed by atoms with Gasteiger partial charge in [0.15, 0.2) is 0 Å². The average Bonchev–Trinajstić information content (AvgIpc) is 2.23. The SMILES string of the molecule is CNC(=O)C(C)(C)CNC(C)C(=O)N(C)C. The maximum Gasteiger partial charge on any atom is 0.238 e. The largest absolute Gasteiger partial charge is 0.359 e. The van der Waals surface area contributed by atoms with Crippen LogP contribution in [0, 0.1) is 5.41 Å². The molecule has 5 nitrogen and oxygen atoms in total. The number of carbonyl (C=O) groups is 2. The predicted octanol–water partition coefficient (Wildman–Crippen LogP) is -0.175. The maximum absolute atomic E-state index is 11.6. The number of likely N-dealkylation sites (N-methyl/N-ethyl adjacent to an activating group) is 1. The summed E-state index contributed by atoms with van der Waals surface area (Å²) in [6, 6.07) is -0.279. The Morgan fingerprint density at radius 2 is 1.81 bits per heavy atom. The van der Waals surface area contributed by atoms with Crippen molar-refractivity contribution in [2.24, 2.45) is 5.41 Å². The van der Waals surface area contributed by atoms with Crippen LogP contribution < -0.4 is 10.6 Å². The van der Waals surface area contributed by atoms with E-state index in [2.05, 4.69) is 10.6 Å². The smallest absolute Gasteiger partial charge is 0.238 e. The fourth-order valence-electron chi connectivity index (χ4n) is 1.30. The van der Waals surface area contributed by atoms with Crippen LogP contribution in [-0.4, -0.2) is 50.4 Å². The molecule has 1 atom stereocenters. The van der Waals surface area contributed by atoms with Crippen LogP contribution in [-0.2, 0) is 9.59 Å². The number of rotatable bonds is 5. The molecule has 0 spiro atoms. The molecule has 0 rings (SSSR count). The highest BCUT2D eigenvalue weighted by molar-refractivity contribution is 5.82. The minimum Gasteiger partial charge on any atom is -0.359 e. The first-order valence-electron chi connectivity index (χ1n) is 5.39. The summed E-state index contributed by atoms with van der Waals surface area (Å²) in [6.45, 7) is 5.94. The second kappa shape index (κ2) is 5.84. The molecule has 94 valence electrons. The van der Waals surface area contributed by atoms with E-state index in [4.69, 9.17) is 0 Å². The minimum absolute atomic E-state index is 0.00714. The van der Waals surface area contributed by atoms with Crippen LogP contribution in [0.2, 0.25) is 0 Å². The van der Waals surface area contributed by atoms with Gasteiger partial charge in [-0.3, -0.25) is 9.59 Å². The lowest BCUT2D eigenvalue weighted by Crippen LogP contribution is -2.48. The summed E-state index contributed by atoms with van der Waals surface area (Å²) in [5, 5.41) is 5.67. The Balaban J connectivity index is 4.24. The molecule has 0 aliphatic carbocycles. The Labute approximate surface area is 97.6 Å². The summed E-state index contributed by atoms with van der Waals surface area (Å²) in [6.07, 6.45) is 0. The molecule has 0 aromatic rings. The van der Waals surface area contributed by atoms with Crippen molar-refractivity contribution in [2.75, 3.05) is 27.7 Å². The number of hydrogen-bond acceptors (Lipinski definition) is 3. The fraction of sp³-hybridized carbons (Fsp3) is 0.818. The molecule has 16 heavy (non-hydrogen) atoms. The molecule has 1 unspecified atom stereocenters. The van der Waals surface area contributed by atoms with Gasteiger partial charge >= 0.3 is 0 Å². The van der Waals surface area contributed by atoms with E-state index in [1.165, 1.54) is 4.90 Å². The second-order valence-corrected chi connectivity index (χ2v) is 4.80. The first-order chi connectivity index (χ1) is 7.22. The van der Waals surface area contributed by atoms with Crippen molar-refractivity contribution in [2.45, 2.75) is 26.8 Å². The van der Waals surface area contributed by atoms with Gasteiger partial charge in [-0.05, 0) is 20.8 Å². The van der Waals surface area contributed by atoms with Gasteiger partial charge in [0.05, 0.1) is 11.5 Å².